The fourth-order valence-corrected chi connectivity index (χ4v) is 5.30. The van der Waals surface area contributed by atoms with Crippen molar-refractivity contribution in [2.24, 2.45) is 13.0 Å². The van der Waals surface area contributed by atoms with E-state index in [1.165, 1.54) is 9.44 Å². The molecule has 0 saturated carbocycles. The van der Waals surface area contributed by atoms with Crippen molar-refractivity contribution in [3.05, 3.63) is 61.7 Å². The van der Waals surface area contributed by atoms with Gasteiger partial charge in [0.1, 0.15) is 4.83 Å². The molecule has 1 atom stereocenters. The van der Waals surface area contributed by atoms with Gasteiger partial charge in [-0.05, 0) is 55.0 Å². The number of rotatable bonds is 1. The van der Waals surface area contributed by atoms with Crippen molar-refractivity contribution in [1.82, 2.24) is 14.1 Å². The summed E-state index contributed by atoms with van der Waals surface area (Å²) in [5.74, 6) is 0.570. The molecular formula is C20H19N3O2S. The topological polar surface area (TPSA) is 59.8 Å². The lowest BCUT2D eigenvalue weighted by Gasteiger charge is -2.17. The average Bonchev–Trinajstić information content (AvgIpc) is 3.15. The lowest BCUT2D eigenvalue weighted by Crippen LogP contribution is -2.33. The van der Waals surface area contributed by atoms with Gasteiger partial charge in [0, 0.05) is 29.0 Å². The molecule has 0 spiro atoms. The summed E-state index contributed by atoms with van der Waals surface area (Å²) in [6, 6.07) is 7.68. The summed E-state index contributed by atoms with van der Waals surface area (Å²) >= 11 is 1.57. The maximum absolute atomic E-state index is 13.3. The first-order valence-corrected chi connectivity index (χ1v) is 9.69. The van der Waals surface area contributed by atoms with Crippen molar-refractivity contribution in [2.75, 3.05) is 0 Å². The smallest absolute Gasteiger partial charge is 0.334 e. The summed E-state index contributed by atoms with van der Waals surface area (Å²) in [7, 11) is 1.98. The van der Waals surface area contributed by atoms with Crippen LogP contribution in [-0.4, -0.2) is 14.1 Å². The highest BCUT2D eigenvalue weighted by molar-refractivity contribution is 7.18. The van der Waals surface area contributed by atoms with Crippen LogP contribution >= 0.6 is 11.3 Å². The second-order valence-corrected chi connectivity index (χ2v) is 8.40. The maximum Gasteiger partial charge on any atom is 0.334 e. The molecule has 0 radical (unpaired) electrons. The minimum atomic E-state index is -0.371. The fourth-order valence-electron chi connectivity index (χ4n) is 4.07. The second kappa shape index (κ2) is 5.45. The third-order valence-electron chi connectivity index (χ3n) is 5.47. The summed E-state index contributed by atoms with van der Waals surface area (Å²) in [6.07, 6.45) is 5.02. The Morgan fingerprint density at radius 3 is 2.92 bits per heavy atom. The molecule has 3 heterocycles. The number of aromatic amines is 1. The third kappa shape index (κ3) is 2.15. The van der Waals surface area contributed by atoms with Gasteiger partial charge in [-0.3, -0.25) is 9.78 Å². The molecule has 1 aliphatic rings. The molecule has 1 N–H and O–H groups in total. The third-order valence-corrected chi connectivity index (χ3v) is 6.68. The summed E-state index contributed by atoms with van der Waals surface area (Å²) < 4.78 is 3.30. The van der Waals surface area contributed by atoms with Gasteiger partial charge in [-0.2, -0.15) is 0 Å². The number of hydrogen-bond acceptors (Lipinski definition) is 3. The zero-order valence-electron chi connectivity index (χ0n) is 14.7. The number of benzene rings is 1. The van der Waals surface area contributed by atoms with Gasteiger partial charge in [0.25, 0.3) is 5.56 Å². The molecule has 3 aromatic heterocycles. The predicted octanol–water partition coefficient (Wildman–Crippen LogP) is 3.36. The van der Waals surface area contributed by atoms with Crippen LogP contribution in [0.15, 0.2) is 40.1 Å². The number of fused-ring (bicyclic) bond motifs is 4. The molecule has 0 aliphatic heterocycles. The lowest BCUT2D eigenvalue weighted by atomic mass is 9.89. The van der Waals surface area contributed by atoms with Crippen LogP contribution in [0.2, 0.25) is 0 Å². The van der Waals surface area contributed by atoms with Gasteiger partial charge in [0.15, 0.2) is 0 Å². The standard InChI is InChI=1S/C20H19N3O2S/c1-11-3-6-16-14(9-11)17-18(26-16)21-20(25)23(19(17)24)13-4-5-15-12(10-13)7-8-22(15)2/h4-5,7-8,10-11H,3,6,9H2,1-2H3,(H,21,25). The van der Waals surface area contributed by atoms with Crippen LogP contribution in [0.5, 0.6) is 0 Å². The summed E-state index contributed by atoms with van der Waals surface area (Å²) in [6.45, 7) is 2.22. The Morgan fingerprint density at radius 1 is 1.23 bits per heavy atom. The number of hydrogen-bond donors (Lipinski definition) is 1. The molecule has 5 rings (SSSR count). The molecule has 26 heavy (non-hydrogen) atoms. The van der Waals surface area contributed by atoms with E-state index >= 15 is 0 Å². The predicted molar refractivity (Wildman–Crippen MR) is 106 cm³/mol. The fraction of sp³-hybridized carbons (Fsp3) is 0.300. The maximum atomic E-state index is 13.3. The zero-order chi connectivity index (χ0) is 18.0. The van der Waals surface area contributed by atoms with E-state index < -0.39 is 0 Å². The van der Waals surface area contributed by atoms with E-state index in [-0.39, 0.29) is 11.2 Å². The van der Waals surface area contributed by atoms with Gasteiger partial charge in [-0.25, -0.2) is 9.36 Å². The Hall–Kier alpha value is -2.60. The SMILES string of the molecule is CC1CCc2sc3[nH]c(=O)n(-c4ccc5c(ccn5C)c4)c(=O)c3c2C1. The summed E-state index contributed by atoms with van der Waals surface area (Å²) in [5, 5.41) is 1.71. The van der Waals surface area contributed by atoms with E-state index in [1.54, 1.807) is 11.3 Å². The summed E-state index contributed by atoms with van der Waals surface area (Å²) in [5.41, 5.74) is 2.25. The van der Waals surface area contributed by atoms with Crippen LogP contribution in [0.25, 0.3) is 26.8 Å². The largest absolute Gasteiger partial charge is 0.351 e. The molecule has 1 aliphatic carbocycles. The molecule has 0 fully saturated rings. The van der Waals surface area contributed by atoms with Gasteiger partial charge in [0.2, 0.25) is 0 Å². The molecule has 5 nitrogen and oxygen atoms in total. The number of thiophene rings is 1. The van der Waals surface area contributed by atoms with E-state index in [0.717, 1.165) is 40.6 Å². The Labute approximate surface area is 153 Å². The highest BCUT2D eigenvalue weighted by Gasteiger charge is 2.24. The molecule has 1 aromatic carbocycles. The summed E-state index contributed by atoms with van der Waals surface area (Å²) in [4.78, 5) is 30.9. The van der Waals surface area contributed by atoms with E-state index in [4.69, 9.17) is 0 Å². The van der Waals surface area contributed by atoms with Crippen molar-refractivity contribution in [3.63, 3.8) is 0 Å². The van der Waals surface area contributed by atoms with Gasteiger partial charge in [-0.15, -0.1) is 11.3 Å². The van der Waals surface area contributed by atoms with E-state index in [2.05, 4.69) is 11.9 Å². The number of aryl methyl sites for hydroxylation is 2. The van der Waals surface area contributed by atoms with Crippen molar-refractivity contribution < 1.29 is 0 Å². The normalized spacial score (nSPS) is 17.1. The van der Waals surface area contributed by atoms with E-state index in [9.17, 15) is 9.59 Å². The van der Waals surface area contributed by atoms with Crippen molar-refractivity contribution in [2.45, 2.75) is 26.2 Å². The molecule has 0 saturated heterocycles. The number of H-pyrrole nitrogens is 1. The number of nitrogens with zero attached hydrogens (tertiary/aromatic N) is 2. The Kier molecular flexibility index (Phi) is 3.28. The molecule has 132 valence electrons. The Bertz CT molecular complexity index is 1290. The van der Waals surface area contributed by atoms with Crippen LogP contribution in [-0.2, 0) is 19.9 Å². The highest BCUT2D eigenvalue weighted by atomic mass is 32.1. The highest BCUT2D eigenvalue weighted by Crippen LogP contribution is 2.35. The Balaban J connectivity index is 1.80. The molecule has 4 aromatic rings. The van der Waals surface area contributed by atoms with E-state index in [0.29, 0.717) is 17.0 Å². The molecule has 0 bridgehead atoms. The van der Waals surface area contributed by atoms with Gasteiger partial charge in [0.05, 0.1) is 11.1 Å². The lowest BCUT2D eigenvalue weighted by molar-refractivity contribution is 0.508. The van der Waals surface area contributed by atoms with Crippen LogP contribution in [0.4, 0.5) is 0 Å². The van der Waals surface area contributed by atoms with Crippen LogP contribution in [0.3, 0.4) is 0 Å². The van der Waals surface area contributed by atoms with Crippen LogP contribution in [0.1, 0.15) is 23.8 Å². The first-order valence-electron chi connectivity index (χ1n) is 8.88. The second-order valence-electron chi connectivity index (χ2n) is 7.30. The molecule has 0 amide bonds. The zero-order valence-corrected chi connectivity index (χ0v) is 15.5. The monoisotopic (exact) mass is 365 g/mol. The van der Waals surface area contributed by atoms with Crippen molar-refractivity contribution in [1.29, 1.82) is 0 Å². The van der Waals surface area contributed by atoms with Gasteiger partial charge >= 0.3 is 5.69 Å². The van der Waals surface area contributed by atoms with Crippen LogP contribution < -0.4 is 11.2 Å². The van der Waals surface area contributed by atoms with Crippen molar-refractivity contribution >= 4 is 32.5 Å². The first kappa shape index (κ1) is 15.6. The Morgan fingerprint density at radius 2 is 2.08 bits per heavy atom. The minimum Gasteiger partial charge on any atom is -0.351 e. The minimum absolute atomic E-state index is 0.203. The van der Waals surface area contributed by atoms with Crippen molar-refractivity contribution in [3.8, 4) is 5.69 Å². The molecule has 1 unspecified atom stereocenters. The molecule has 6 heteroatoms. The molecular weight excluding hydrogens is 346 g/mol. The van der Waals surface area contributed by atoms with Gasteiger partial charge < -0.3 is 4.57 Å². The number of aromatic nitrogens is 3. The van der Waals surface area contributed by atoms with Crippen LogP contribution in [0, 0.1) is 5.92 Å². The first-order chi connectivity index (χ1) is 12.5. The van der Waals surface area contributed by atoms with Gasteiger partial charge in [-0.1, -0.05) is 6.92 Å². The average molecular weight is 365 g/mol. The number of nitrogens with one attached hydrogen (secondary N) is 1. The quantitative estimate of drug-likeness (QED) is 0.562. The van der Waals surface area contributed by atoms with E-state index in [1.807, 2.05) is 42.1 Å².